The smallest absolute Gasteiger partial charge is 0.241 e. The highest BCUT2D eigenvalue weighted by Crippen LogP contribution is 2.34. The second kappa shape index (κ2) is 9.52. The Labute approximate surface area is 194 Å². The van der Waals surface area contributed by atoms with E-state index in [0.29, 0.717) is 0 Å². The van der Waals surface area contributed by atoms with Crippen molar-refractivity contribution in [1.82, 2.24) is 4.72 Å². The summed E-state index contributed by atoms with van der Waals surface area (Å²) in [6, 6.07) is 11.7. The van der Waals surface area contributed by atoms with Crippen molar-refractivity contribution in [2.75, 3.05) is 30.0 Å². The van der Waals surface area contributed by atoms with Gasteiger partial charge >= 0.3 is 0 Å². The maximum Gasteiger partial charge on any atom is 0.241 e. The number of rotatable bonds is 7. The highest BCUT2D eigenvalue weighted by Gasteiger charge is 2.33. The largest absolute Gasteiger partial charge is 0.495 e. The summed E-state index contributed by atoms with van der Waals surface area (Å²) in [5.74, 6) is -0.482. The maximum atomic E-state index is 13.1. The fourth-order valence-corrected chi connectivity index (χ4v) is 5.60. The number of benzene rings is 2. The summed E-state index contributed by atoms with van der Waals surface area (Å²) in [7, 11) is -2.51. The average molecular weight is 472 g/mol. The first-order chi connectivity index (χ1) is 15.8. The molecule has 4 rings (SSSR count). The highest BCUT2D eigenvalue weighted by atomic mass is 32.2. The Morgan fingerprint density at radius 2 is 1.58 bits per heavy atom. The fraction of sp³-hybridized carbons (Fsp3) is 0.417. The van der Waals surface area contributed by atoms with E-state index in [1.807, 2.05) is 24.3 Å². The number of sulfonamides is 1. The van der Waals surface area contributed by atoms with Crippen molar-refractivity contribution in [3.05, 3.63) is 48.0 Å². The first-order valence-electron chi connectivity index (χ1n) is 11.2. The molecule has 9 heteroatoms. The van der Waals surface area contributed by atoms with Gasteiger partial charge in [-0.15, -0.1) is 0 Å². The van der Waals surface area contributed by atoms with Gasteiger partial charge in [-0.2, -0.15) is 0 Å². The minimum absolute atomic E-state index is 0.0393. The molecular formula is C24H29N3O5S. The van der Waals surface area contributed by atoms with Crippen molar-refractivity contribution in [3.63, 3.8) is 0 Å². The summed E-state index contributed by atoms with van der Waals surface area (Å²) in [4.78, 5) is 27.7. The Hall–Kier alpha value is -2.91. The molecule has 1 N–H and O–H groups in total. The molecule has 2 fully saturated rings. The lowest BCUT2D eigenvalue weighted by Gasteiger charge is -2.29. The van der Waals surface area contributed by atoms with Gasteiger partial charge in [0.15, 0.2) is 0 Å². The van der Waals surface area contributed by atoms with Gasteiger partial charge in [0, 0.05) is 37.7 Å². The molecule has 2 saturated heterocycles. The first-order valence-corrected chi connectivity index (χ1v) is 12.7. The van der Waals surface area contributed by atoms with Crippen molar-refractivity contribution < 1.29 is 22.7 Å². The summed E-state index contributed by atoms with van der Waals surface area (Å²) < 4.78 is 34.2. The van der Waals surface area contributed by atoms with Gasteiger partial charge in [0.05, 0.1) is 17.7 Å². The van der Waals surface area contributed by atoms with Crippen LogP contribution in [0.15, 0.2) is 47.4 Å². The molecule has 0 aliphatic carbocycles. The summed E-state index contributed by atoms with van der Waals surface area (Å²) in [5.41, 5.74) is 2.14. The predicted molar refractivity (Wildman–Crippen MR) is 126 cm³/mol. The molecule has 2 aromatic carbocycles. The van der Waals surface area contributed by atoms with Crippen molar-refractivity contribution in [2.45, 2.75) is 50.0 Å². The molecule has 33 heavy (non-hydrogen) atoms. The molecule has 0 saturated carbocycles. The molecule has 0 aromatic heterocycles. The zero-order chi connectivity index (χ0) is 23.6. The third-order valence-corrected chi connectivity index (χ3v) is 7.74. The number of carbonyl (C=O) groups is 2. The number of piperidine rings is 1. The molecule has 2 aromatic rings. The normalized spacial score (nSPS) is 18.0. The monoisotopic (exact) mass is 471 g/mol. The Kier molecular flexibility index (Phi) is 6.71. The van der Waals surface area contributed by atoms with Crippen LogP contribution < -0.4 is 19.3 Å². The number of hydrogen-bond donors (Lipinski definition) is 1. The number of ether oxygens (including phenoxy) is 1. The first kappa shape index (κ1) is 23.3. The number of hydrogen-bond acceptors (Lipinski definition) is 6. The third-order valence-electron chi connectivity index (χ3n) is 6.20. The Balaban J connectivity index is 1.54. The number of anilines is 2. The zero-order valence-corrected chi connectivity index (χ0v) is 19.7. The molecule has 2 amide bonds. The van der Waals surface area contributed by atoms with Crippen molar-refractivity contribution in [3.8, 4) is 5.75 Å². The quantitative estimate of drug-likeness (QED) is 0.622. The minimum Gasteiger partial charge on any atom is -0.495 e. The second-order valence-electron chi connectivity index (χ2n) is 8.44. The van der Waals surface area contributed by atoms with E-state index in [-0.39, 0.29) is 41.0 Å². The average Bonchev–Trinajstić information content (AvgIpc) is 3.16. The van der Waals surface area contributed by atoms with Crippen LogP contribution in [0.2, 0.25) is 0 Å². The van der Waals surface area contributed by atoms with E-state index in [4.69, 9.17) is 4.74 Å². The highest BCUT2D eigenvalue weighted by molar-refractivity contribution is 7.89. The van der Waals surface area contributed by atoms with Gasteiger partial charge in [-0.1, -0.05) is 12.1 Å². The standard InChI is InChI=1S/C24H29N3O5S/c1-17(18-6-8-19(9-7-18)26-14-4-3-5-15-26)25-33(30,31)20-10-11-22(32-2)21(16-20)27-23(28)12-13-24(27)29/h6-11,16-17,25H,3-5,12-15H2,1-2H3. The van der Waals surface area contributed by atoms with Gasteiger partial charge in [0.25, 0.3) is 0 Å². The molecule has 0 spiro atoms. The fourth-order valence-electron chi connectivity index (χ4n) is 4.35. The van der Waals surface area contributed by atoms with E-state index in [1.165, 1.54) is 44.6 Å². The van der Waals surface area contributed by atoms with Gasteiger partial charge in [-0.3, -0.25) is 9.59 Å². The molecule has 2 aliphatic heterocycles. The van der Waals surface area contributed by atoms with Crippen LogP contribution in [0.1, 0.15) is 50.6 Å². The van der Waals surface area contributed by atoms with Crippen molar-refractivity contribution in [1.29, 1.82) is 0 Å². The summed E-state index contributed by atoms with van der Waals surface area (Å²) in [6.45, 7) is 3.87. The number of nitrogens with zero attached hydrogens (tertiary/aromatic N) is 2. The third kappa shape index (κ3) is 4.89. The van der Waals surface area contributed by atoms with Crippen molar-refractivity contribution >= 4 is 33.2 Å². The number of methoxy groups -OCH3 is 1. The minimum atomic E-state index is -3.92. The summed E-state index contributed by atoms with van der Waals surface area (Å²) in [6.07, 6.45) is 3.84. The number of amides is 2. The molecule has 0 radical (unpaired) electrons. The van der Waals surface area contributed by atoms with Gasteiger partial charge in [-0.05, 0) is 62.1 Å². The predicted octanol–water partition coefficient (Wildman–Crippen LogP) is 3.38. The Morgan fingerprint density at radius 1 is 0.939 bits per heavy atom. The van der Waals surface area contributed by atoms with E-state index >= 15 is 0 Å². The molecule has 176 valence electrons. The van der Waals surface area contributed by atoms with Crippen LogP contribution in [0.3, 0.4) is 0 Å². The topological polar surface area (TPSA) is 96.0 Å². The van der Waals surface area contributed by atoms with Crippen LogP contribution in [-0.4, -0.2) is 40.4 Å². The van der Waals surface area contributed by atoms with Crippen LogP contribution >= 0.6 is 0 Å². The van der Waals surface area contributed by atoms with Crippen LogP contribution in [0, 0.1) is 0 Å². The van der Waals surface area contributed by atoms with Gasteiger partial charge in [0.1, 0.15) is 5.75 Å². The number of imide groups is 1. The van der Waals surface area contributed by atoms with Crippen LogP contribution in [0.25, 0.3) is 0 Å². The van der Waals surface area contributed by atoms with Gasteiger partial charge in [0.2, 0.25) is 21.8 Å². The van der Waals surface area contributed by atoms with E-state index in [0.717, 1.165) is 29.2 Å². The van der Waals surface area contributed by atoms with E-state index in [9.17, 15) is 18.0 Å². The molecule has 2 aliphatic rings. The number of nitrogens with one attached hydrogen (secondary N) is 1. The summed E-state index contributed by atoms with van der Waals surface area (Å²) >= 11 is 0. The van der Waals surface area contributed by atoms with Crippen LogP contribution in [-0.2, 0) is 19.6 Å². The second-order valence-corrected chi connectivity index (χ2v) is 10.2. The Morgan fingerprint density at radius 3 is 2.18 bits per heavy atom. The number of carbonyl (C=O) groups excluding carboxylic acids is 2. The molecule has 2 heterocycles. The lowest BCUT2D eigenvalue weighted by Crippen LogP contribution is -2.30. The SMILES string of the molecule is COc1ccc(S(=O)(=O)NC(C)c2ccc(N3CCCCC3)cc2)cc1N1C(=O)CCC1=O. The van der Waals surface area contributed by atoms with Gasteiger partial charge in [-0.25, -0.2) is 18.0 Å². The summed E-state index contributed by atoms with van der Waals surface area (Å²) in [5, 5.41) is 0. The van der Waals surface area contributed by atoms with Crippen molar-refractivity contribution in [2.24, 2.45) is 0 Å². The van der Waals surface area contributed by atoms with E-state index in [1.54, 1.807) is 6.92 Å². The molecular weight excluding hydrogens is 442 g/mol. The lowest BCUT2D eigenvalue weighted by atomic mass is 10.1. The van der Waals surface area contributed by atoms with Gasteiger partial charge < -0.3 is 9.64 Å². The molecule has 1 atom stereocenters. The van der Waals surface area contributed by atoms with E-state index in [2.05, 4.69) is 9.62 Å². The lowest BCUT2D eigenvalue weighted by molar-refractivity contribution is -0.121. The van der Waals surface area contributed by atoms with E-state index < -0.39 is 16.1 Å². The van der Waals surface area contributed by atoms with Crippen LogP contribution in [0.5, 0.6) is 5.75 Å². The maximum absolute atomic E-state index is 13.1. The molecule has 0 bridgehead atoms. The van der Waals surface area contributed by atoms with Crippen LogP contribution in [0.4, 0.5) is 11.4 Å². The molecule has 1 unspecified atom stereocenters. The Bertz CT molecular complexity index is 1130. The molecule has 8 nitrogen and oxygen atoms in total. The zero-order valence-electron chi connectivity index (χ0n) is 18.9.